The van der Waals surface area contributed by atoms with Gasteiger partial charge in [0.1, 0.15) is 0 Å². The van der Waals surface area contributed by atoms with Crippen molar-refractivity contribution in [2.75, 3.05) is 18.4 Å². The van der Waals surface area contributed by atoms with E-state index in [0.29, 0.717) is 17.5 Å². The van der Waals surface area contributed by atoms with Crippen molar-refractivity contribution >= 4 is 23.2 Å². The zero-order valence-corrected chi connectivity index (χ0v) is 12.3. The zero-order chi connectivity index (χ0) is 13.8. The monoisotopic (exact) mass is 280 g/mol. The highest BCUT2D eigenvalue weighted by Gasteiger charge is 2.20. The summed E-state index contributed by atoms with van der Waals surface area (Å²) in [6.45, 7) is 6.29. The molecule has 1 aliphatic rings. The van der Waals surface area contributed by atoms with Gasteiger partial charge < -0.3 is 10.2 Å². The summed E-state index contributed by atoms with van der Waals surface area (Å²) in [6.07, 6.45) is 3.01. The van der Waals surface area contributed by atoms with Gasteiger partial charge in [-0.2, -0.15) is 0 Å². The second kappa shape index (κ2) is 6.40. The Morgan fingerprint density at radius 3 is 2.74 bits per heavy atom. The molecule has 2 rings (SSSR count). The lowest BCUT2D eigenvalue weighted by Crippen LogP contribution is -2.33. The van der Waals surface area contributed by atoms with Gasteiger partial charge in [-0.3, -0.25) is 4.79 Å². The van der Waals surface area contributed by atoms with Gasteiger partial charge in [-0.25, -0.2) is 0 Å². The van der Waals surface area contributed by atoms with Gasteiger partial charge in [0.05, 0.1) is 10.7 Å². The average molecular weight is 281 g/mol. The smallest absolute Gasteiger partial charge is 0.225 e. The molecule has 1 amide bonds. The number of carbonyl (C=O) groups excluding carboxylic acids is 1. The molecule has 0 aromatic heterocycles. The van der Waals surface area contributed by atoms with Crippen LogP contribution in [-0.2, 0) is 4.79 Å². The number of anilines is 1. The number of hydrogen-bond acceptors (Lipinski definition) is 2. The lowest BCUT2D eigenvalue weighted by molar-refractivity contribution is -0.117. The van der Waals surface area contributed by atoms with Crippen LogP contribution in [0.15, 0.2) is 18.2 Å². The molecule has 0 bridgehead atoms. The highest BCUT2D eigenvalue weighted by molar-refractivity contribution is 6.33. The van der Waals surface area contributed by atoms with Crippen molar-refractivity contribution in [3.05, 3.63) is 28.8 Å². The van der Waals surface area contributed by atoms with E-state index in [1.807, 2.05) is 19.1 Å². The summed E-state index contributed by atoms with van der Waals surface area (Å²) in [5, 5.41) is 3.53. The van der Waals surface area contributed by atoms with Crippen LogP contribution in [0.2, 0.25) is 5.02 Å². The van der Waals surface area contributed by atoms with E-state index in [0.717, 1.165) is 24.3 Å². The van der Waals surface area contributed by atoms with E-state index in [1.165, 1.54) is 12.8 Å². The minimum Gasteiger partial charge on any atom is -0.325 e. The van der Waals surface area contributed by atoms with Crippen LogP contribution in [0.1, 0.15) is 31.7 Å². The maximum absolute atomic E-state index is 12.1. The Balaban J connectivity index is 1.93. The number of benzene rings is 1. The maximum atomic E-state index is 12.1. The molecule has 0 radical (unpaired) electrons. The predicted molar refractivity (Wildman–Crippen MR) is 79.7 cm³/mol. The summed E-state index contributed by atoms with van der Waals surface area (Å²) in [5.74, 6) is 0.0376. The second-order valence-corrected chi connectivity index (χ2v) is 5.68. The topological polar surface area (TPSA) is 32.3 Å². The molecule has 0 spiro atoms. The molecular formula is C15H21ClN2O. The van der Waals surface area contributed by atoms with E-state index in [2.05, 4.69) is 17.1 Å². The number of nitrogens with one attached hydrogen (secondary N) is 1. The number of likely N-dealkylation sites (tertiary alicyclic amines) is 1. The highest BCUT2D eigenvalue weighted by Crippen LogP contribution is 2.25. The average Bonchev–Trinajstić information content (AvgIpc) is 2.88. The largest absolute Gasteiger partial charge is 0.325 e. The van der Waals surface area contributed by atoms with Crippen LogP contribution >= 0.6 is 11.6 Å². The lowest BCUT2D eigenvalue weighted by atomic mass is 10.1. The minimum atomic E-state index is 0.0376. The first kappa shape index (κ1) is 14.4. The number of amides is 1. The molecule has 1 aliphatic heterocycles. The minimum absolute atomic E-state index is 0.0376. The molecule has 1 saturated heterocycles. The van der Waals surface area contributed by atoms with E-state index in [9.17, 15) is 4.79 Å². The van der Waals surface area contributed by atoms with Crippen molar-refractivity contribution in [1.82, 2.24) is 4.90 Å². The van der Waals surface area contributed by atoms with Crippen molar-refractivity contribution in [3.63, 3.8) is 0 Å². The van der Waals surface area contributed by atoms with Gasteiger partial charge in [-0.05, 0) is 51.4 Å². The van der Waals surface area contributed by atoms with Crippen LogP contribution in [0.4, 0.5) is 5.69 Å². The Morgan fingerprint density at radius 2 is 2.11 bits per heavy atom. The third-order valence-corrected chi connectivity index (χ3v) is 4.05. The van der Waals surface area contributed by atoms with Gasteiger partial charge in [0.2, 0.25) is 5.91 Å². The summed E-state index contributed by atoms with van der Waals surface area (Å²) in [7, 11) is 0. The third-order valence-electron chi connectivity index (χ3n) is 3.73. The number of halogens is 1. The van der Waals surface area contributed by atoms with E-state index < -0.39 is 0 Å². The fourth-order valence-electron chi connectivity index (χ4n) is 2.56. The van der Waals surface area contributed by atoms with E-state index in [-0.39, 0.29) is 5.91 Å². The van der Waals surface area contributed by atoms with Crippen LogP contribution in [0.3, 0.4) is 0 Å². The van der Waals surface area contributed by atoms with Crippen molar-refractivity contribution in [2.24, 2.45) is 0 Å². The van der Waals surface area contributed by atoms with Gasteiger partial charge in [0.15, 0.2) is 0 Å². The van der Waals surface area contributed by atoms with Crippen LogP contribution < -0.4 is 5.32 Å². The zero-order valence-electron chi connectivity index (χ0n) is 11.6. The molecular weight excluding hydrogens is 260 g/mol. The molecule has 1 atom stereocenters. The highest BCUT2D eigenvalue weighted by atomic mass is 35.5. The second-order valence-electron chi connectivity index (χ2n) is 5.28. The summed E-state index contributed by atoms with van der Waals surface area (Å²) >= 11 is 6.11. The number of carbonyl (C=O) groups is 1. The molecule has 1 aromatic carbocycles. The molecule has 19 heavy (non-hydrogen) atoms. The Morgan fingerprint density at radius 1 is 1.42 bits per heavy atom. The van der Waals surface area contributed by atoms with Gasteiger partial charge >= 0.3 is 0 Å². The predicted octanol–water partition coefficient (Wildman–Crippen LogP) is 3.46. The van der Waals surface area contributed by atoms with E-state index in [1.54, 1.807) is 6.07 Å². The summed E-state index contributed by atoms with van der Waals surface area (Å²) in [5.41, 5.74) is 1.73. The normalized spacial score (nSPS) is 17.4. The summed E-state index contributed by atoms with van der Waals surface area (Å²) in [6, 6.07) is 5.94. The van der Waals surface area contributed by atoms with Crippen molar-refractivity contribution in [3.8, 4) is 0 Å². The molecule has 1 N–H and O–H groups in total. The lowest BCUT2D eigenvalue weighted by Gasteiger charge is -2.23. The first-order chi connectivity index (χ1) is 9.08. The Hall–Kier alpha value is -1.06. The Kier molecular flexibility index (Phi) is 4.83. The number of para-hydroxylation sites is 1. The van der Waals surface area contributed by atoms with Gasteiger partial charge in [-0.15, -0.1) is 0 Å². The first-order valence-electron chi connectivity index (χ1n) is 6.87. The van der Waals surface area contributed by atoms with Gasteiger partial charge in [0.25, 0.3) is 0 Å². The number of hydrogen-bond donors (Lipinski definition) is 1. The molecule has 4 heteroatoms. The number of aryl methyl sites for hydroxylation is 1. The molecule has 1 aromatic rings. The molecule has 0 aliphatic carbocycles. The molecule has 1 fully saturated rings. The Labute approximate surface area is 119 Å². The Bertz CT molecular complexity index is 435. The SMILES string of the molecule is Cc1cccc(Cl)c1NC(=O)C[C@@H](C)N1CCCC1. The maximum Gasteiger partial charge on any atom is 0.225 e. The molecule has 0 unspecified atom stereocenters. The number of nitrogens with zero attached hydrogens (tertiary/aromatic N) is 1. The fourth-order valence-corrected chi connectivity index (χ4v) is 2.83. The molecule has 3 nitrogen and oxygen atoms in total. The third kappa shape index (κ3) is 3.71. The van der Waals surface area contributed by atoms with Crippen LogP contribution in [-0.4, -0.2) is 29.9 Å². The fraction of sp³-hybridized carbons (Fsp3) is 0.533. The van der Waals surface area contributed by atoms with Crippen LogP contribution in [0.5, 0.6) is 0 Å². The van der Waals surface area contributed by atoms with Crippen molar-refractivity contribution in [2.45, 2.75) is 39.2 Å². The summed E-state index contributed by atoms with van der Waals surface area (Å²) in [4.78, 5) is 14.5. The summed E-state index contributed by atoms with van der Waals surface area (Å²) < 4.78 is 0. The van der Waals surface area contributed by atoms with E-state index in [4.69, 9.17) is 11.6 Å². The molecule has 0 saturated carbocycles. The van der Waals surface area contributed by atoms with Crippen LogP contribution in [0.25, 0.3) is 0 Å². The van der Waals surface area contributed by atoms with Crippen molar-refractivity contribution < 1.29 is 4.79 Å². The molecule has 104 valence electrons. The van der Waals surface area contributed by atoms with E-state index >= 15 is 0 Å². The van der Waals surface area contributed by atoms with Crippen LogP contribution in [0, 0.1) is 6.92 Å². The van der Waals surface area contributed by atoms with Crippen molar-refractivity contribution in [1.29, 1.82) is 0 Å². The first-order valence-corrected chi connectivity index (χ1v) is 7.24. The standard InChI is InChI=1S/C15H21ClN2O/c1-11-6-5-7-13(16)15(11)17-14(19)10-12(2)18-8-3-4-9-18/h5-7,12H,3-4,8-10H2,1-2H3,(H,17,19)/t12-/m1/s1. The van der Waals surface area contributed by atoms with Gasteiger partial charge in [-0.1, -0.05) is 23.7 Å². The quantitative estimate of drug-likeness (QED) is 0.916. The molecule has 1 heterocycles. The number of rotatable bonds is 4. The van der Waals surface area contributed by atoms with Gasteiger partial charge in [0, 0.05) is 12.5 Å².